The number of halogens is 1. The Morgan fingerprint density at radius 2 is 1.88 bits per heavy atom. The number of hydrogen-bond donors (Lipinski definition) is 3. The topological polar surface area (TPSA) is 120 Å². The zero-order valence-corrected chi connectivity index (χ0v) is 19.5. The molecule has 1 aromatic carbocycles. The molecule has 170 valence electrons. The van der Waals surface area contributed by atoms with Gasteiger partial charge in [0.05, 0.1) is 16.3 Å². The fourth-order valence-corrected chi connectivity index (χ4v) is 4.73. The third-order valence-electron chi connectivity index (χ3n) is 6.19. The SMILES string of the molecule is Cc1cc2c(C(N)=O)c(N)n(-c3c(C)cc(Cl)c(O)c3C)c2nc1OC1CCN(C)CC1. The van der Waals surface area contributed by atoms with Gasteiger partial charge in [-0.3, -0.25) is 9.36 Å². The number of aryl methyl sites for hydroxylation is 2. The molecule has 0 unspecified atom stereocenters. The summed E-state index contributed by atoms with van der Waals surface area (Å²) in [6, 6.07) is 3.48. The number of carbonyl (C=O) groups excluding carboxylic acids is 1. The molecule has 2 aromatic heterocycles. The van der Waals surface area contributed by atoms with E-state index in [2.05, 4.69) is 11.9 Å². The number of nitrogen functional groups attached to an aromatic ring is 1. The minimum Gasteiger partial charge on any atom is -0.506 e. The molecule has 0 atom stereocenters. The quantitative estimate of drug-likeness (QED) is 0.551. The standard InChI is InChI=1S/C23H28ClN5O3/c1-11-10-16(24)19(30)13(3)18(11)29-20(25)17(21(26)31)15-9-12(2)23(27-22(15)29)32-14-5-7-28(4)8-6-14/h9-10,14,30H,5-8,25H2,1-4H3,(H2,26,31). The van der Waals surface area contributed by atoms with Gasteiger partial charge in [0.15, 0.2) is 5.65 Å². The Morgan fingerprint density at radius 1 is 1.22 bits per heavy atom. The number of nitrogens with two attached hydrogens (primary N) is 2. The third-order valence-corrected chi connectivity index (χ3v) is 6.48. The van der Waals surface area contributed by atoms with Gasteiger partial charge in [-0.05, 0) is 58.4 Å². The van der Waals surface area contributed by atoms with Crippen LogP contribution in [0.2, 0.25) is 5.02 Å². The maximum Gasteiger partial charge on any atom is 0.253 e. The number of likely N-dealkylation sites (tertiary alicyclic amines) is 1. The van der Waals surface area contributed by atoms with Crippen molar-refractivity contribution in [2.45, 2.75) is 39.7 Å². The summed E-state index contributed by atoms with van der Waals surface area (Å²) in [5.41, 5.74) is 15.4. The van der Waals surface area contributed by atoms with Gasteiger partial charge >= 0.3 is 0 Å². The first kappa shape index (κ1) is 22.2. The van der Waals surface area contributed by atoms with Crippen LogP contribution in [0.1, 0.15) is 39.9 Å². The average molecular weight is 458 g/mol. The second kappa shape index (κ2) is 8.18. The van der Waals surface area contributed by atoms with Gasteiger partial charge in [0.1, 0.15) is 17.7 Å². The Kier molecular flexibility index (Phi) is 5.68. The number of piperidine rings is 1. The van der Waals surface area contributed by atoms with E-state index in [1.807, 2.05) is 19.9 Å². The fourth-order valence-electron chi connectivity index (χ4n) is 4.43. The van der Waals surface area contributed by atoms with Crippen molar-refractivity contribution in [1.29, 1.82) is 0 Å². The van der Waals surface area contributed by atoms with Gasteiger partial charge in [0.25, 0.3) is 5.91 Å². The Bertz CT molecular complexity index is 1230. The van der Waals surface area contributed by atoms with E-state index in [1.54, 1.807) is 17.6 Å². The maximum absolute atomic E-state index is 12.3. The summed E-state index contributed by atoms with van der Waals surface area (Å²) >= 11 is 6.15. The number of rotatable bonds is 4. The summed E-state index contributed by atoms with van der Waals surface area (Å²) in [6.07, 6.45) is 1.89. The normalized spacial score (nSPS) is 15.4. The second-order valence-electron chi connectivity index (χ2n) is 8.56. The van der Waals surface area contributed by atoms with Crippen molar-refractivity contribution in [2.24, 2.45) is 5.73 Å². The number of phenolic OH excluding ortho intramolecular Hbond substituents is 1. The molecule has 9 heteroatoms. The van der Waals surface area contributed by atoms with E-state index in [4.69, 9.17) is 32.8 Å². The molecule has 0 bridgehead atoms. The van der Waals surface area contributed by atoms with Crippen LogP contribution in [-0.4, -0.2) is 51.7 Å². The minimum atomic E-state index is -0.648. The van der Waals surface area contributed by atoms with Crippen molar-refractivity contribution in [2.75, 3.05) is 25.9 Å². The van der Waals surface area contributed by atoms with Gasteiger partial charge in [-0.25, -0.2) is 0 Å². The highest BCUT2D eigenvalue weighted by molar-refractivity contribution is 6.32. The highest BCUT2D eigenvalue weighted by Gasteiger charge is 2.27. The second-order valence-corrected chi connectivity index (χ2v) is 8.97. The van der Waals surface area contributed by atoms with Crippen LogP contribution >= 0.6 is 11.6 Å². The Hall–Kier alpha value is -2.97. The van der Waals surface area contributed by atoms with Gasteiger partial charge in [0, 0.05) is 29.6 Å². The highest BCUT2D eigenvalue weighted by Crippen LogP contribution is 2.40. The molecule has 1 amide bonds. The number of aromatic hydroxyl groups is 1. The zero-order chi connectivity index (χ0) is 23.3. The maximum atomic E-state index is 12.3. The summed E-state index contributed by atoms with van der Waals surface area (Å²) in [4.78, 5) is 19.4. The number of phenols is 1. The number of pyridine rings is 1. The minimum absolute atomic E-state index is 0.0518. The summed E-state index contributed by atoms with van der Waals surface area (Å²) < 4.78 is 7.92. The van der Waals surface area contributed by atoms with Gasteiger partial charge in [-0.1, -0.05) is 11.6 Å². The van der Waals surface area contributed by atoms with Crippen LogP contribution in [0, 0.1) is 20.8 Å². The molecule has 1 aliphatic heterocycles. The first-order valence-electron chi connectivity index (χ1n) is 10.6. The first-order chi connectivity index (χ1) is 15.1. The molecule has 0 radical (unpaired) electrons. The monoisotopic (exact) mass is 457 g/mol. The molecule has 0 spiro atoms. The zero-order valence-electron chi connectivity index (χ0n) is 18.7. The van der Waals surface area contributed by atoms with E-state index in [1.165, 1.54) is 0 Å². The van der Waals surface area contributed by atoms with E-state index >= 15 is 0 Å². The first-order valence-corrected chi connectivity index (χ1v) is 10.9. The molecule has 5 N–H and O–H groups in total. The van der Waals surface area contributed by atoms with Crippen LogP contribution in [0.25, 0.3) is 16.7 Å². The predicted octanol–water partition coefficient (Wildman–Crippen LogP) is 3.46. The third kappa shape index (κ3) is 3.63. The molecular weight excluding hydrogens is 430 g/mol. The highest BCUT2D eigenvalue weighted by atomic mass is 35.5. The fraction of sp³-hybridized carbons (Fsp3) is 0.391. The van der Waals surface area contributed by atoms with E-state index in [0.29, 0.717) is 28.2 Å². The van der Waals surface area contributed by atoms with Crippen LogP contribution in [0.4, 0.5) is 5.82 Å². The number of anilines is 1. The van der Waals surface area contributed by atoms with Crippen LogP contribution in [0.15, 0.2) is 12.1 Å². The number of carbonyl (C=O) groups is 1. The van der Waals surface area contributed by atoms with Crippen LogP contribution in [0.3, 0.4) is 0 Å². The molecule has 32 heavy (non-hydrogen) atoms. The number of aromatic nitrogens is 2. The van der Waals surface area contributed by atoms with E-state index in [-0.39, 0.29) is 28.3 Å². The van der Waals surface area contributed by atoms with Gasteiger partial charge in [0.2, 0.25) is 5.88 Å². The van der Waals surface area contributed by atoms with Gasteiger partial charge in [-0.15, -0.1) is 0 Å². The van der Waals surface area contributed by atoms with Crippen molar-refractivity contribution in [3.8, 4) is 17.3 Å². The lowest BCUT2D eigenvalue weighted by Crippen LogP contribution is -2.35. The predicted molar refractivity (Wildman–Crippen MR) is 126 cm³/mol. The average Bonchev–Trinajstić information content (AvgIpc) is 2.99. The summed E-state index contributed by atoms with van der Waals surface area (Å²) in [6.45, 7) is 7.41. The van der Waals surface area contributed by atoms with Crippen LogP contribution < -0.4 is 16.2 Å². The molecule has 4 rings (SSSR count). The Balaban J connectivity index is 1.94. The van der Waals surface area contributed by atoms with Crippen LogP contribution in [0.5, 0.6) is 11.6 Å². The number of benzene rings is 1. The molecule has 1 saturated heterocycles. The molecule has 0 saturated carbocycles. The Morgan fingerprint density at radius 3 is 2.50 bits per heavy atom. The number of ether oxygens (including phenoxy) is 1. The Labute approximate surface area is 191 Å². The molecule has 3 heterocycles. The van der Waals surface area contributed by atoms with E-state index in [9.17, 15) is 9.90 Å². The largest absolute Gasteiger partial charge is 0.506 e. The molecule has 8 nitrogen and oxygen atoms in total. The summed E-state index contributed by atoms with van der Waals surface area (Å²) in [5, 5.41) is 11.2. The van der Waals surface area contributed by atoms with Crippen molar-refractivity contribution < 1.29 is 14.6 Å². The van der Waals surface area contributed by atoms with E-state index < -0.39 is 5.91 Å². The van der Waals surface area contributed by atoms with Crippen LogP contribution in [-0.2, 0) is 0 Å². The van der Waals surface area contributed by atoms with Crippen molar-refractivity contribution >= 4 is 34.4 Å². The number of amides is 1. The van der Waals surface area contributed by atoms with Crippen molar-refractivity contribution in [3.63, 3.8) is 0 Å². The lowest BCUT2D eigenvalue weighted by molar-refractivity contribution is 0.100. The number of hydrogen-bond acceptors (Lipinski definition) is 6. The smallest absolute Gasteiger partial charge is 0.253 e. The molecule has 0 aliphatic carbocycles. The van der Waals surface area contributed by atoms with Gasteiger partial charge in [-0.2, -0.15) is 4.98 Å². The number of nitrogens with zero attached hydrogens (tertiary/aromatic N) is 3. The number of fused-ring (bicyclic) bond motifs is 1. The molecular formula is C23H28ClN5O3. The van der Waals surface area contributed by atoms with Crippen molar-refractivity contribution in [1.82, 2.24) is 14.5 Å². The number of primary amides is 1. The lowest BCUT2D eigenvalue weighted by atomic mass is 10.1. The molecule has 1 aliphatic rings. The molecule has 1 fully saturated rings. The summed E-state index contributed by atoms with van der Waals surface area (Å²) in [7, 11) is 2.10. The van der Waals surface area contributed by atoms with E-state index in [0.717, 1.165) is 37.1 Å². The lowest BCUT2D eigenvalue weighted by Gasteiger charge is -2.29. The summed E-state index contributed by atoms with van der Waals surface area (Å²) in [5.74, 6) is -0.0481. The van der Waals surface area contributed by atoms with Gasteiger partial charge < -0.3 is 26.2 Å². The molecule has 3 aromatic rings. The van der Waals surface area contributed by atoms with Crippen molar-refractivity contribution in [3.05, 3.63) is 39.4 Å².